The number of fused-ring (bicyclic) bond motifs is 2. The maximum Gasteiger partial charge on any atom is 0.314 e. The molecular weight excluding hydrogens is 306 g/mol. The van der Waals surface area contributed by atoms with E-state index in [1.807, 2.05) is 12.1 Å². The molecular formula is C18H21N3O3. The van der Waals surface area contributed by atoms with Crippen molar-refractivity contribution in [3.05, 3.63) is 30.0 Å². The van der Waals surface area contributed by atoms with Crippen LogP contribution in [0, 0.1) is 16.7 Å². The van der Waals surface area contributed by atoms with E-state index in [0.29, 0.717) is 18.7 Å². The summed E-state index contributed by atoms with van der Waals surface area (Å²) in [6, 6.07) is 5.58. The van der Waals surface area contributed by atoms with Gasteiger partial charge in [-0.05, 0) is 23.8 Å². The highest BCUT2D eigenvalue weighted by molar-refractivity contribution is 6.05. The van der Waals surface area contributed by atoms with Gasteiger partial charge in [-0.3, -0.25) is 14.7 Å². The normalized spacial score (nSPS) is 27.6. The van der Waals surface area contributed by atoms with Crippen LogP contribution in [-0.4, -0.2) is 47.2 Å². The van der Waals surface area contributed by atoms with E-state index in [1.165, 1.54) is 7.11 Å². The summed E-state index contributed by atoms with van der Waals surface area (Å²) in [6.45, 7) is 5.33. The van der Waals surface area contributed by atoms with E-state index in [1.54, 1.807) is 17.2 Å². The van der Waals surface area contributed by atoms with E-state index in [0.717, 1.165) is 17.3 Å². The van der Waals surface area contributed by atoms with Crippen molar-refractivity contribution in [2.24, 2.45) is 16.7 Å². The molecule has 1 amide bonds. The summed E-state index contributed by atoms with van der Waals surface area (Å²) in [6.07, 6.45) is 2.47. The summed E-state index contributed by atoms with van der Waals surface area (Å²) in [5, 5.41) is 7.83. The van der Waals surface area contributed by atoms with E-state index < -0.39 is 5.41 Å². The van der Waals surface area contributed by atoms with Crippen LogP contribution in [0.25, 0.3) is 10.9 Å². The van der Waals surface area contributed by atoms with Crippen molar-refractivity contribution in [1.29, 1.82) is 0 Å². The number of hydrogen-bond donors (Lipinski definition) is 1. The highest BCUT2D eigenvalue weighted by Crippen LogP contribution is 2.63. The first-order valence-electron chi connectivity index (χ1n) is 8.19. The third-order valence-corrected chi connectivity index (χ3v) is 5.84. The number of likely N-dealkylation sites (tertiary alicyclic amines) is 1. The van der Waals surface area contributed by atoms with Crippen LogP contribution in [0.4, 0.5) is 0 Å². The SMILES string of the molecule is COC(=O)[C@@]12CN(C(=O)c3cccc4cn[nH]c34)C[C@@H]1C(C)(C)C2. The molecule has 2 fully saturated rings. The van der Waals surface area contributed by atoms with Gasteiger partial charge in [-0.1, -0.05) is 26.0 Å². The average Bonchev–Trinajstić information content (AvgIpc) is 3.16. The molecule has 2 aliphatic rings. The molecule has 1 aromatic carbocycles. The molecule has 0 radical (unpaired) electrons. The summed E-state index contributed by atoms with van der Waals surface area (Å²) in [7, 11) is 1.43. The molecule has 24 heavy (non-hydrogen) atoms. The van der Waals surface area contributed by atoms with E-state index in [9.17, 15) is 9.59 Å². The van der Waals surface area contributed by atoms with Crippen molar-refractivity contribution in [3.63, 3.8) is 0 Å². The fourth-order valence-electron chi connectivity index (χ4n) is 4.84. The van der Waals surface area contributed by atoms with Crippen molar-refractivity contribution in [2.45, 2.75) is 20.3 Å². The lowest BCUT2D eigenvalue weighted by atomic mass is 9.48. The summed E-state index contributed by atoms with van der Waals surface area (Å²) in [5.74, 6) is -0.109. The number of benzene rings is 1. The predicted molar refractivity (Wildman–Crippen MR) is 88.3 cm³/mol. The summed E-state index contributed by atoms with van der Waals surface area (Å²) in [5.41, 5.74) is 0.844. The molecule has 4 rings (SSSR count). The first-order chi connectivity index (χ1) is 11.4. The number of carbonyl (C=O) groups is 2. The first-order valence-corrected chi connectivity index (χ1v) is 8.19. The molecule has 0 spiro atoms. The molecule has 0 unspecified atom stereocenters. The van der Waals surface area contributed by atoms with Gasteiger partial charge in [0.2, 0.25) is 0 Å². The van der Waals surface area contributed by atoms with Gasteiger partial charge in [0, 0.05) is 18.5 Å². The van der Waals surface area contributed by atoms with E-state index in [4.69, 9.17) is 4.74 Å². The quantitative estimate of drug-likeness (QED) is 0.858. The number of amides is 1. The van der Waals surface area contributed by atoms with Crippen LogP contribution in [0.15, 0.2) is 24.4 Å². The molecule has 2 aromatic rings. The highest BCUT2D eigenvalue weighted by Gasteiger charge is 2.68. The van der Waals surface area contributed by atoms with Gasteiger partial charge in [-0.25, -0.2) is 0 Å². The summed E-state index contributed by atoms with van der Waals surface area (Å²) < 4.78 is 5.05. The van der Waals surface area contributed by atoms with Crippen LogP contribution in [0.2, 0.25) is 0 Å². The number of carbonyl (C=O) groups excluding carboxylic acids is 2. The molecule has 1 aliphatic heterocycles. The average molecular weight is 327 g/mol. The number of H-pyrrole nitrogens is 1. The number of para-hydroxylation sites is 1. The molecule has 0 bridgehead atoms. The van der Waals surface area contributed by atoms with Crippen LogP contribution in [0.5, 0.6) is 0 Å². The van der Waals surface area contributed by atoms with Gasteiger partial charge in [-0.15, -0.1) is 0 Å². The van der Waals surface area contributed by atoms with Gasteiger partial charge in [-0.2, -0.15) is 5.10 Å². The molecule has 2 atom stereocenters. The zero-order valence-corrected chi connectivity index (χ0v) is 14.1. The van der Waals surface area contributed by atoms with E-state index in [2.05, 4.69) is 24.0 Å². The lowest BCUT2D eigenvalue weighted by Crippen LogP contribution is -2.57. The third-order valence-electron chi connectivity index (χ3n) is 5.84. The van der Waals surface area contributed by atoms with Crippen molar-refractivity contribution in [1.82, 2.24) is 15.1 Å². The van der Waals surface area contributed by atoms with Gasteiger partial charge in [0.25, 0.3) is 5.91 Å². The van der Waals surface area contributed by atoms with Gasteiger partial charge in [0.1, 0.15) is 0 Å². The van der Waals surface area contributed by atoms with Crippen LogP contribution in [0.3, 0.4) is 0 Å². The second-order valence-corrected chi connectivity index (χ2v) is 7.69. The fraction of sp³-hybridized carbons (Fsp3) is 0.500. The first kappa shape index (κ1) is 15.2. The minimum atomic E-state index is -0.546. The van der Waals surface area contributed by atoms with E-state index in [-0.39, 0.29) is 23.2 Å². The number of nitrogens with zero attached hydrogens (tertiary/aromatic N) is 2. The Morgan fingerprint density at radius 3 is 2.88 bits per heavy atom. The van der Waals surface area contributed by atoms with Gasteiger partial charge in [0.15, 0.2) is 0 Å². The molecule has 1 saturated carbocycles. The molecule has 1 aromatic heterocycles. The molecule has 1 saturated heterocycles. The number of hydrogen-bond acceptors (Lipinski definition) is 4. The Kier molecular flexibility index (Phi) is 3.04. The highest BCUT2D eigenvalue weighted by atomic mass is 16.5. The number of rotatable bonds is 2. The predicted octanol–water partition coefficient (Wildman–Crippen LogP) is 2.22. The van der Waals surface area contributed by atoms with Crippen molar-refractivity contribution in [3.8, 4) is 0 Å². The number of ether oxygens (including phenoxy) is 1. The molecule has 1 aliphatic carbocycles. The number of nitrogens with one attached hydrogen (secondary N) is 1. The second-order valence-electron chi connectivity index (χ2n) is 7.69. The number of aromatic nitrogens is 2. The zero-order valence-electron chi connectivity index (χ0n) is 14.1. The number of esters is 1. The summed E-state index contributed by atoms with van der Waals surface area (Å²) in [4.78, 5) is 27.3. The monoisotopic (exact) mass is 327 g/mol. The lowest BCUT2D eigenvalue weighted by molar-refractivity contribution is -0.174. The van der Waals surface area contributed by atoms with Crippen molar-refractivity contribution >= 4 is 22.8 Å². The van der Waals surface area contributed by atoms with Crippen LogP contribution in [-0.2, 0) is 9.53 Å². The molecule has 6 heteroatoms. The molecule has 6 nitrogen and oxygen atoms in total. The van der Waals surface area contributed by atoms with Gasteiger partial charge in [0.05, 0.1) is 29.8 Å². The Labute approximate surface area is 140 Å². The minimum absolute atomic E-state index is 0.0449. The Morgan fingerprint density at radius 2 is 2.17 bits per heavy atom. The standard InChI is InChI=1S/C18H21N3O3/c1-17(2)9-18(16(23)24-3)10-21(8-13(17)18)15(22)12-6-4-5-11-7-19-20-14(11)12/h4-7,13H,8-10H2,1-3H3,(H,19,20)/t13-,18+/m1/s1. The van der Waals surface area contributed by atoms with E-state index >= 15 is 0 Å². The number of aromatic amines is 1. The van der Waals surface area contributed by atoms with Crippen LogP contribution >= 0.6 is 0 Å². The third kappa shape index (κ3) is 1.85. The lowest BCUT2D eigenvalue weighted by Gasteiger charge is -2.54. The smallest absolute Gasteiger partial charge is 0.314 e. The fourth-order valence-corrected chi connectivity index (χ4v) is 4.84. The Hall–Kier alpha value is -2.37. The maximum absolute atomic E-state index is 13.1. The second kappa shape index (κ2) is 4.82. The molecule has 126 valence electrons. The van der Waals surface area contributed by atoms with Gasteiger partial charge < -0.3 is 9.64 Å². The van der Waals surface area contributed by atoms with Crippen molar-refractivity contribution < 1.29 is 14.3 Å². The number of methoxy groups -OCH3 is 1. The van der Waals surface area contributed by atoms with Crippen molar-refractivity contribution in [2.75, 3.05) is 20.2 Å². The summed E-state index contributed by atoms with van der Waals surface area (Å²) >= 11 is 0. The molecule has 1 N–H and O–H groups in total. The Balaban J connectivity index is 1.68. The zero-order chi connectivity index (χ0) is 17.1. The van der Waals surface area contributed by atoms with Crippen LogP contribution < -0.4 is 0 Å². The minimum Gasteiger partial charge on any atom is -0.469 e. The Bertz CT molecular complexity index is 841. The van der Waals surface area contributed by atoms with Crippen LogP contribution in [0.1, 0.15) is 30.6 Å². The van der Waals surface area contributed by atoms with Gasteiger partial charge >= 0.3 is 5.97 Å². The Morgan fingerprint density at radius 1 is 1.38 bits per heavy atom. The largest absolute Gasteiger partial charge is 0.469 e. The molecule has 2 heterocycles. The topological polar surface area (TPSA) is 75.3 Å². The maximum atomic E-state index is 13.1.